The molecule has 0 radical (unpaired) electrons. The quantitative estimate of drug-likeness (QED) is 0.766. The number of aryl methyl sites for hydroxylation is 1. The van der Waals surface area contributed by atoms with Crippen molar-refractivity contribution in [1.29, 1.82) is 0 Å². The highest BCUT2D eigenvalue weighted by molar-refractivity contribution is 5.82. The Bertz CT molecular complexity index is 681. The van der Waals surface area contributed by atoms with E-state index in [4.69, 9.17) is 10.2 Å². The van der Waals surface area contributed by atoms with E-state index in [1.807, 2.05) is 48.3 Å². The minimum Gasteiger partial charge on any atom is -0.459 e. The van der Waals surface area contributed by atoms with Gasteiger partial charge >= 0.3 is 0 Å². The lowest BCUT2D eigenvalue weighted by Gasteiger charge is -2.00. The molecule has 92 valence electrons. The summed E-state index contributed by atoms with van der Waals surface area (Å²) in [4.78, 5) is 0. The minimum absolute atomic E-state index is 0.479. The smallest absolute Gasteiger partial charge is 0.134 e. The second-order valence-corrected chi connectivity index (χ2v) is 4.42. The van der Waals surface area contributed by atoms with Crippen molar-refractivity contribution in [2.75, 3.05) is 0 Å². The third kappa shape index (κ3) is 1.80. The molecule has 2 N–H and O–H groups in total. The van der Waals surface area contributed by atoms with Crippen molar-refractivity contribution in [3.05, 3.63) is 53.5 Å². The average molecular weight is 241 g/mol. The minimum atomic E-state index is 0.479. The van der Waals surface area contributed by atoms with Crippen LogP contribution in [-0.2, 0) is 13.1 Å². The Morgan fingerprint density at radius 3 is 2.89 bits per heavy atom. The van der Waals surface area contributed by atoms with E-state index in [0.29, 0.717) is 13.1 Å². The number of benzene rings is 1. The summed E-state index contributed by atoms with van der Waals surface area (Å²) in [6.07, 6.45) is 3.83. The van der Waals surface area contributed by atoms with Crippen LogP contribution in [0.15, 0.2) is 41.1 Å². The standard InChI is InChI=1S/C14H15N3O/c1-10-7-16-17(8-10)9-14-12(6-15)11-4-2-3-5-13(11)18-14/h2-5,7-8H,6,9,15H2,1H3. The molecule has 4 heteroatoms. The normalized spacial score (nSPS) is 11.2. The van der Waals surface area contributed by atoms with Crippen LogP contribution in [0.3, 0.4) is 0 Å². The molecule has 0 aliphatic carbocycles. The number of fused-ring (bicyclic) bond motifs is 1. The van der Waals surface area contributed by atoms with Gasteiger partial charge < -0.3 is 10.2 Å². The molecule has 0 fully saturated rings. The molecular formula is C14H15N3O. The molecule has 0 atom stereocenters. The number of para-hydroxylation sites is 1. The molecule has 0 bridgehead atoms. The first kappa shape index (κ1) is 11.0. The van der Waals surface area contributed by atoms with E-state index in [0.717, 1.165) is 27.9 Å². The van der Waals surface area contributed by atoms with Gasteiger partial charge in [0.2, 0.25) is 0 Å². The molecule has 0 saturated heterocycles. The van der Waals surface area contributed by atoms with E-state index in [9.17, 15) is 0 Å². The first-order valence-electron chi connectivity index (χ1n) is 5.96. The number of rotatable bonds is 3. The van der Waals surface area contributed by atoms with Crippen LogP contribution in [0, 0.1) is 6.92 Å². The van der Waals surface area contributed by atoms with Gasteiger partial charge in [-0.25, -0.2) is 0 Å². The van der Waals surface area contributed by atoms with Gasteiger partial charge in [-0.15, -0.1) is 0 Å². The van der Waals surface area contributed by atoms with E-state index in [1.54, 1.807) is 0 Å². The third-order valence-corrected chi connectivity index (χ3v) is 3.05. The third-order valence-electron chi connectivity index (χ3n) is 3.05. The number of nitrogens with zero attached hydrogens (tertiary/aromatic N) is 2. The van der Waals surface area contributed by atoms with Gasteiger partial charge in [-0.1, -0.05) is 18.2 Å². The lowest BCUT2D eigenvalue weighted by molar-refractivity contribution is 0.504. The maximum absolute atomic E-state index is 5.86. The van der Waals surface area contributed by atoms with Crippen molar-refractivity contribution in [2.24, 2.45) is 5.73 Å². The zero-order valence-electron chi connectivity index (χ0n) is 10.3. The van der Waals surface area contributed by atoms with Gasteiger partial charge in [0, 0.05) is 23.7 Å². The van der Waals surface area contributed by atoms with Crippen LogP contribution >= 0.6 is 0 Å². The van der Waals surface area contributed by atoms with E-state index in [2.05, 4.69) is 5.10 Å². The van der Waals surface area contributed by atoms with Crippen LogP contribution in [0.4, 0.5) is 0 Å². The number of furan rings is 1. The molecule has 0 spiro atoms. The molecule has 2 aromatic heterocycles. The molecule has 0 unspecified atom stereocenters. The van der Waals surface area contributed by atoms with Gasteiger partial charge in [0.05, 0.1) is 12.7 Å². The summed E-state index contributed by atoms with van der Waals surface area (Å²) >= 11 is 0. The van der Waals surface area contributed by atoms with Gasteiger partial charge in [-0.2, -0.15) is 5.10 Å². The van der Waals surface area contributed by atoms with Crippen molar-refractivity contribution in [3.63, 3.8) is 0 Å². The van der Waals surface area contributed by atoms with Crippen LogP contribution in [0.25, 0.3) is 11.0 Å². The summed E-state index contributed by atoms with van der Waals surface area (Å²) in [5.41, 5.74) is 8.92. The summed E-state index contributed by atoms with van der Waals surface area (Å²) in [7, 11) is 0. The molecule has 4 nitrogen and oxygen atoms in total. The van der Waals surface area contributed by atoms with Crippen LogP contribution in [0.5, 0.6) is 0 Å². The molecular weight excluding hydrogens is 226 g/mol. The van der Waals surface area contributed by atoms with Crippen molar-refractivity contribution in [2.45, 2.75) is 20.0 Å². The molecule has 0 saturated carbocycles. The zero-order chi connectivity index (χ0) is 12.5. The number of hydrogen-bond acceptors (Lipinski definition) is 3. The topological polar surface area (TPSA) is 57.0 Å². The van der Waals surface area contributed by atoms with E-state index in [1.165, 1.54) is 0 Å². The maximum atomic E-state index is 5.86. The summed E-state index contributed by atoms with van der Waals surface area (Å²) in [6, 6.07) is 7.97. The van der Waals surface area contributed by atoms with Gasteiger partial charge in [0.1, 0.15) is 11.3 Å². The van der Waals surface area contributed by atoms with Gasteiger partial charge in [-0.3, -0.25) is 4.68 Å². The van der Waals surface area contributed by atoms with E-state index >= 15 is 0 Å². The Morgan fingerprint density at radius 2 is 2.17 bits per heavy atom. The van der Waals surface area contributed by atoms with Gasteiger partial charge in [0.25, 0.3) is 0 Å². The second kappa shape index (κ2) is 4.31. The fourth-order valence-electron chi connectivity index (χ4n) is 2.20. The zero-order valence-corrected chi connectivity index (χ0v) is 10.3. The summed E-state index contributed by atoms with van der Waals surface area (Å²) < 4.78 is 7.73. The van der Waals surface area contributed by atoms with Crippen molar-refractivity contribution >= 4 is 11.0 Å². The fourth-order valence-corrected chi connectivity index (χ4v) is 2.20. The fraction of sp³-hybridized carbons (Fsp3) is 0.214. The van der Waals surface area contributed by atoms with E-state index in [-0.39, 0.29) is 0 Å². The van der Waals surface area contributed by atoms with Crippen LogP contribution in [0.1, 0.15) is 16.9 Å². The monoisotopic (exact) mass is 241 g/mol. The highest BCUT2D eigenvalue weighted by atomic mass is 16.3. The van der Waals surface area contributed by atoms with Crippen molar-refractivity contribution < 1.29 is 4.42 Å². The first-order valence-corrected chi connectivity index (χ1v) is 5.96. The average Bonchev–Trinajstić information content (AvgIpc) is 2.92. The number of nitrogens with two attached hydrogens (primary N) is 1. The first-order chi connectivity index (χ1) is 8.78. The largest absolute Gasteiger partial charge is 0.459 e. The van der Waals surface area contributed by atoms with E-state index < -0.39 is 0 Å². The SMILES string of the molecule is Cc1cnn(Cc2oc3ccccc3c2CN)c1. The van der Waals surface area contributed by atoms with Crippen molar-refractivity contribution in [1.82, 2.24) is 9.78 Å². The summed E-state index contributed by atoms with van der Waals surface area (Å²) in [5, 5.41) is 5.37. The molecule has 1 aromatic carbocycles. The number of aromatic nitrogens is 2. The predicted octanol–water partition coefficient (Wildman–Crippen LogP) is 2.44. The molecule has 0 amide bonds. The highest BCUT2D eigenvalue weighted by Crippen LogP contribution is 2.25. The summed E-state index contributed by atoms with van der Waals surface area (Å²) in [6.45, 7) is 3.12. The highest BCUT2D eigenvalue weighted by Gasteiger charge is 2.12. The van der Waals surface area contributed by atoms with Gasteiger partial charge in [0.15, 0.2) is 0 Å². The Morgan fingerprint density at radius 1 is 1.33 bits per heavy atom. The predicted molar refractivity (Wildman–Crippen MR) is 70.2 cm³/mol. The van der Waals surface area contributed by atoms with Crippen LogP contribution < -0.4 is 5.73 Å². The molecule has 3 aromatic rings. The Hall–Kier alpha value is -2.07. The second-order valence-electron chi connectivity index (χ2n) is 4.42. The molecule has 2 heterocycles. The Kier molecular flexibility index (Phi) is 2.64. The summed E-state index contributed by atoms with van der Waals surface area (Å²) in [5.74, 6) is 0.891. The molecule has 0 aliphatic rings. The van der Waals surface area contributed by atoms with Gasteiger partial charge in [-0.05, 0) is 18.6 Å². The van der Waals surface area contributed by atoms with Crippen LogP contribution in [-0.4, -0.2) is 9.78 Å². The Labute approximate surface area is 105 Å². The molecule has 3 rings (SSSR count). The lowest BCUT2D eigenvalue weighted by atomic mass is 10.1. The number of hydrogen-bond donors (Lipinski definition) is 1. The Balaban J connectivity index is 2.05. The van der Waals surface area contributed by atoms with Crippen molar-refractivity contribution in [3.8, 4) is 0 Å². The molecule has 18 heavy (non-hydrogen) atoms. The van der Waals surface area contributed by atoms with Crippen LogP contribution in [0.2, 0.25) is 0 Å². The maximum Gasteiger partial charge on any atom is 0.134 e. The lowest BCUT2D eigenvalue weighted by Crippen LogP contribution is -2.04. The molecule has 0 aliphatic heterocycles.